The number of aromatic nitrogens is 1. The maximum absolute atomic E-state index is 11.9. The van der Waals surface area contributed by atoms with Gasteiger partial charge >= 0.3 is 0 Å². The van der Waals surface area contributed by atoms with Crippen LogP contribution in [0.25, 0.3) is 10.9 Å². The molecule has 1 amide bonds. The Morgan fingerprint density at radius 2 is 2.25 bits per heavy atom. The number of aromatic amines is 1. The molecule has 102 valence electrons. The number of amides is 1. The molecule has 2 N–H and O–H groups in total. The van der Waals surface area contributed by atoms with Crippen LogP contribution in [0.5, 0.6) is 0 Å². The van der Waals surface area contributed by atoms with Crippen molar-refractivity contribution in [2.45, 2.75) is 6.42 Å². The number of H-pyrrole nitrogens is 1. The zero-order valence-corrected chi connectivity index (χ0v) is 11.0. The van der Waals surface area contributed by atoms with Crippen molar-refractivity contribution in [3.05, 3.63) is 36.0 Å². The second-order valence-electron chi connectivity index (χ2n) is 5.05. The Labute approximate surface area is 116 Å². The SMILES string of the molecule is N#CC1(C(=O)NCCc2c[nH]c3ccccc23)COC1. The molecule has 0 spiro atoms. The molecule has 1 aliphatic rings. The Morgan fingerprint density at radius 3 is 2.95 bits per heavy atom. The van der Waals surface area contributed by atoms with Crippen molar-refractivity contribution in [2.75, 3.05) is 19.8 Å². The Morgan fingerprint density at radius 1 is 1.45 bits per heavy atom. The second kappa shape index (κ2) is 4.99. The molecule has 5 heteroatoms. The maximum atomic E-state index is 11.9. The van der Waals surface area contributed by atoms with Gasteiger partial charge in [-0.1, -0.05) is 18.2 Å². The number of carbonyl (C=O) groups excluding carboxylic acids is 1. The van der Waals surface area contributed by atoms with Crippen molar-refractivity contribution in [1.29, 1.82) is 5.26 Å². The highest BCUT2D eigenvalue weighted by Crippen LogP contribution is 2.26. The van der Waals surface area contributed by atoms with Crippen molar-refractivity contribution >= 4 is 16.8 Å². The summed E-state index contributed by atoms with van der Waals surface area (Å²) in [5.41, 5.74) is 1.28. The van der Waals surface area contributed by atoms with Gasteiger partial charge in [0.15, 0.2) is 5.41 Å². The fraction of sp³-hybridized carbons (Fsp3) is 0.333. The summed E-state index contributed by atoms with van der Waals surface area (Å²) in [4.78, 5) is 15.2. The summed E-state index contributed by atoms with van der Waals surface area (Å²) in [6.07, 6.45) is 2.70. The minimum atomic E-state index is -0.972. The van der Waals surface area contributed by atoms with Crippen molar-refractivity contribution in [1.82, 2.24) is 10.3 Å². The molecule has 0 atom stereocenters. The highest BCUT2D eigenvalue weighted by atomic mass is 16.5. The minimum absolute atomic E-state index is 0.197. The molecule has 2 heterocycles. The summed E-state index contributed by atoms with van der Waals surface area (Å²) in [6, 6.07) is 10.1. The number of benzene rings is 1. The van der Waals surface area contributed by atoms with Gasteiger partial charge in [-0.2, -0.15) is 5.26 Å². The van der Waals surface area contributed by atoms with Crippen LogP contribution >= 0.6 is 0 Å². The first kappa shape index (κ1) is 12.7. The third-order valence-corrected chi connectivity index (χ3v) is 3.70. The standard InChI is InChI=1S/C15H15N3O2/c16-8-15(9-20-10-15)14(19)17-6-5-11-7-18-13-4-2-1-3-12(11)13/h1-4,7,18H,5-6,9-10H2,(H,17,19). The van der Waals surface area contributed by atoms with Crippen molar-refractivity contribution < 1.29 is 9.53 Å². The first-order chi connectivity index (χ1) is 9.75. The number of fused-ring (bicyclic) bond motifs is 1. The molecule has 5 nitrogen and oxygen atoms in total. The Hall–Kier alpha value is -2.32. The summed E-state index contributed by atoms with van der Waals surface area (Å²) in [7, 11) is 0. The summed E-state index contributed by atoms with van der Waals surface area (Å²) in [6.45, 7) is 0.912. The monoisotopic (exact) mass is 269 g/mol. The molecule has 0 unspecified atom stereocenters. The normalized spacial score (nSPS) is 16.4. The molecule has 0 aliphatic carbocycles. The van der Waals surface area contributed by atoms with Crippen LogP contribution in [0.3, 0.4) is 0 Å². The molecule has 1 fully saturated rings. The lowest BCUT2D eigenvalue weighted by Crippen LogP contribution is -2.53. The van der Waals surface area contributed by atoms with Crippen LogP contribution in [0.2, 0.25) is 0 Å². The molecule has 0 saturated carbocycles. The van der Waals surface area contributed by atoms with Gasteiger partial charge in [-0.15, -0.1) is 0 Å². The number of ether oxygens (including phenoxy) is 1. The average Bonchev–Trinajstić information content (AvgIpc) is 2.82. The Kier molecular flexibility index (Phi) is 3.17. The predicted octanol–water partition coefficient (Wildman–Crippen LogP) is 1.37. The Balaban J connectivity index is 1.61. The van der Waals surface area contributed by atoms with Gasteiger partial charge in [0.05, 0.1) is 19.3 Å². The van der Waals surface area contributed by atoms with E-state index in [1.165, 1.54) is 5.39 Å². The van der Waals surface area contributed by atoms with Crippen LogP contribution in [0, 0.1) is 16.7 Å². The van der Waals surface area contributed by atoms with Gasteiger partial charge in [-0.3, -0.25) is 4.79 Å². The quantitative estimate of drug-likeness (QED) is 0.880. The zero-order valence-electron chi connectivity index (χ0n) is 11.0. The van der Waals surface area contributed by atoms with Gasteiger partial charge in [0.2, 0.25) is 5.91 Å². The van der Waals surface area contributed by atoms with Gasteiger partial charge in [0.1, 0.15) is 0 Å². The summed E-state index contributed by atoms with van der Waals surface area (Å²) >= 11 is 0. The minimum Gasteiger partial charge on any atom is -0.377 e. The third kappa shape index (κ3) is 2.04. The highest BCUT2D eigenvalue weighted by Gasteiger charge is 2.46. The first-order valence-corrected chi connectivity index (χ1v) is 6.57. The van der Waals surface area contributed by atoms with E-state index in [9.17, 15) is 4.79 Å². The summed E-state index contributed by atoms with van der Waals surface area (Å²) in [5.74, 6) is -0.230. The number of nitrogens with one attached hydrogen (secondary N) is 2. The van der Waals surface area contributed by atoms with E-state index in [1.54, 1.807) is 0 Å². The van der Waals surface area contributed by atoms with Crippen molar-refractivity contribution in [2.24, 2.45) is 5.41 Å². The van der Waals surface area contributed by atoms with E-state index in [1.807, 2.05) is 30.5 Å². The third-order valence-electron chi connectivity index (χ3n) is 3.70. The van der Waals surface area contributed by atoms with Gasteiger partial charge < -0.3 is 15.0 Å². The lowest BCUT2D eigenvalue weighted by atomic mass is 9.87. The molecule has 1 aromatic carbocycles. The fourth-order valence-corrected chi connectivity index (χ4v) is 2.37. The largest absolute Gasteiger partial charge is 0.377 e. The molecule has 1 aliphatic heterocycles. The molecular formula is C15H15N3O2. The van der Waals surface area contributed by atoms with E-state index in [0.29, 0.717) is 6.54 Å². The van der Waals surface area contributed by atoms with E-state index in [2.05, 4.69) is 16.4 Å². The molecule has 20 heavy (non-hydrogen) atoms. The molecule has 3 rings (SSSR count). The summed E-state index contributed by atoms with van der Waals surface area (Å²) < 4.78 is 4.97. The highest BCUT2D eigenvalue weighted by molar-refractivity contribution is 5.87. The lowest BCUT2D eigenvalue weighted by molar-refractivity contribution is -0.149. The number of nitriles is 1. The fourth-order valence-electron chi connectivity index (χ4n) is 2.37. The number of hydrogen-bond donors (Lipinski definition) is 2. The first-order valence-electron chi connectivity index (χ1n) is 6.57. The number of hydrogen-bond acceptors (Lipinski definition) is 3. The van der Waals surface area contributed by atoms with E-state index >= 15 is 0 Å². The van der Waals surface area contributed by atoms with Crippen LogP contribution in [0.15, 0.2) is 30.5 Å². The van der Waals surface area contributed by atoms with Gasteiger partial charge in [0, 0.05) is 23.6 Å². The van der Waals surface area contributed by atoms with Gasteiger partial charge in [-0.05, 0) is 18.1 Å². The smallest absolute Gasteiger partial charge is 0.245 e. The lowest BCUT2D eigenvalue weighted by Gasteiger charge is -2.33. The van der Waals surface area contributed by atoms with E-state index in [0.717, 1.165) is 17.5 Å². The van der Waals surface area contributed by atoms with Crippen LogP contribution < -0.4 is 5.32 Å². The topological polar surface area (TPSA) is 77.9 Å². The number of para-hydroxylation sites is 1. The van der Waals surface area contributed by atoms with Crippen LogP contribution in [0.4, 0.5) is 0 Å². The van der Waals surface area contributed by atoms with Gasteiger partial charge in [-0.25, -0.2) is 0 Å². The van der Waals surface area contributed by atoms with Crippen LogP contribution in [0.1, 0.15) is 5.56 Å². The number of carbonyl (C=O) groups is 1. The van der Waals surface area contributed by atoms with E-state index in [-0.39, 0.29) is 19.1 Å². The molecule has 0 radical (unpaired) electrons. The molecular weight excluding hydrogens is 254 g/mol. The van der Waals surface area contributed by atoms with E-state index in [4.69, 9.17) is 10.00 Å². The molecule has 0 bridgehead atoms. The molecule has 2 aromatic rings. The van der Waals surface area contributed by atoms with Crippen LogP contribution in [-0.4, -0.2) is 30.6 Å². The molecule has 1 saturated heterocycles. The van der Waals surface area contributed by atoms with Crippen molar-refractivity contribution in [3.8, 4) is 6.07 Å². The predicted molar refractivity (Wildman–Crippen MR) is 73.9 cm³/mol. The van der Waals surface area contributed by atoms with E-state index < -0.39 is 5.41 Å². The number of rotatable bonds is 4. The maximum Gasteiger partial charge on any atom is 0.245 e. The van der Waals surface area contributed by atoms with Gasteiger partial charge in [0.25, 0.3) is 0 Å². The van der Waals surface area contributed by atoms with Crippen LogP contribution in [-0.2, 0) is 16.0 Å². The molecule has 1 aromatic heterocycles. The summed E-state index contributed by atoms with van der Waals surface area (Å²) in [5, 5.41) is 13.0. The number of nitrogens with zero attached hydrogens (tertiary/aromatic N) is 1. The average molecular weight is 269 g/mol. The second-order valence-corrected chi connectivity index (χ2v) is 5.05. The Bertz CT molecular complexity index is 680. The zero-order chi connectivity index (χ0) is 14.0. The van der Waals surface area contributed by atoms with Crippen molar-refractivity contribution in [3.63, 3.8) is 0 Å².